The average Bonchev–Trinajstić information content (AvgIpc) is 2.71. The highest BCUT2D eigenvalue weighted by atomic mass is 16.2. The zero-order valence-electron chi connectivity index (χ0n) is 13.0. The van der Waals surface area contributed by atoms with Crippen molar-refractivity contribution in [3.63, 3.8) is 0 Å². The van der Waals surface area contributed by atoms with Gasteiger partial charge in [0.25, 0.3) is 0 Å². The minimum Gasteiger partial charge on any atom is -0.311 e. The van der Waals surface area contributed by atoms with Crippen LogP contribution in [0.1, 0.15) is 43.6 Å². The van der Waals surface area contributed by atoms with Crippen LogP contribution in [0.25, 0.3) is 6.08 Å². The molecule has 1 aliphatic heterocycles. The third-order valence-electron chi connectivity index (χ3n) is 3.88. The lowest BCUT2D eigenvalue weighted by Gasteiger charge is -2.23. The van der Waals surface area contributed by atoms with E-state index in [0.29, 0.717) is 18.7 Å². The highest BCUT2D eigenvalue weighted by Crippen LogP contribution is 2.21. The van der Waals surface area contributed by atoms with Crippen molar-refractivity contribution in [2.45, 2.75) is 38.8 Å². The Hall–Kier alpha value is -2.15. The van der Waals surface area contributed by atoms with Crippen molar-refractivity contribution >= 4 is 17.9 Å². The Bertz CT molecular complexity index is 656. The summed E-state index contributed by atoms with van der Waals surface area (Å²) in [4.78, 5) is 35.9. The summed E-state index contributed by atoms with van der Waals surface area (Å²) in [6.45, 7) is 7.10. The second kappa shape index (κ2) is 6.74. The van der Waals surface area contributed by atoms with Gasteiger partial charge in [-0.3, -0.25) is 24.0 Å². The van der Waals surface area contributed by atoms with Gasteiger partial charge >= 0.3 is 5.69 Å². The number of amides is 2. The van der Waals surface area contributed by atoms with Crippen LogP contribution in [0.5, 0.6) is 0 Å². The summed E-state index contributed by atoms with van der Waals surface area (Å²) >= 11 is 0. The summed E-state index contributed by atoms with van der Waals surface area (Å²) in [5, 5.41) is 5.55. The average molecular weight is 306 g/mol. The normalized spacial score (nSPS) is 18.4. The predicted molar refractivity (Wildman–Crippen MR) is 83.2 cm³/mol. The number of hydrogen-bond acceptors (Lipinski definition) is 4. The molecule has 0 aliphatic carbocycles. The summed E-state index contributed by atoms with van der Waals surface area (Å²) in [5.74, 6) is -0.712. The van der Waals surface area contributed by atoms with Gasteiger partial charge in [0.1, 0.15) is 6.04 Å². The molecule has 1 unspecified atom stereocenters. The molecule has 22 heavy (non-hydrogen) atoms. The van der Waals surface area contributed by atoms with E-state index in [9.17, 15) is 14.4 Å². The molecule has 2 rings (SSSR count). The monoisotopic (exact) mass is 306 g/mol. The largest absolute Gasteiger partial charge is 0.329 e. The van der Waals surface area contributed by atoms with Crippen molar-refractivity contribution < 1.29 is 9.59 Å². The summed E-state index contributed by atoms with van der Waals surface area (Å²) in [7, 11) is 1.66. The number of nitrogens with zero attached hydrogens (tertiary/aromatic N) is 2. The second-order valence-corrected chi connectivity index (χ2v) is 5.39. The fourth-order valence-corrected chi connectivity index (χ4v) is 2.76. The topological polar surface area (TPSA) is 85.1 Å². The fourth-order valence-electron chi connectivity index (χ4n) is 2.76. The first-order chi connectivity index (χ1) is 10.5. The molecule has 0 saturated carbocycles. The Balaban J connectivity index is 2.44. The lowest BCUT2D eigenvalue weighted by molar-refractivity contribution is -0.135. The number of imidazole rings is 1. The van der Waals surface area contributed by atoms with Crippen LogP contribution in [0.4, 0.5) is 0 Å². The van der Waals surface area contributed by atoms with Crippen molar-refractivity contribution in [2.24, 2.45) is 7.05 Å². The van der Waals surface area contributed by atoms with Crippen molar-refractivity contribution in [1.82, 2.24) is 19.8 Å². The number of aromatic nitrogens is 2. The molecule has 0 radical (unpaired) electrons. The second-order valence-electron chi connectivity index (χ2n) is 5.39. The van der Waals surface area contributed by atoms with Crippen molar-refractivity contribution in [1.29, 1.82) is 0 Å². The molecule has 7 heteroatoms. The Kier molecular flexibility index (Phi) is 4.97. The van der Waals surface area contributed by atoms with Gasteiger partial charge in [0, 0.05) is 20.0 Å². The molecule has 1 fully saturated rings. The maximum Gasteiger partial charge on any atom is 0.329 e. The molecule has 7 nitrogen and oxygen atoms in total. The Morgan fingerprint density at radius 1 is 1.41 bits per heavy atom. The third kappa shape index (κ3) is 2.89. The van der Waals surface area contributed by atoms with Crippen molar-refractivity contribution in [3.05, 3.63) is 28.5 Å². The highest BCUT2D eigenvalue weighted by Gasteiger charge is 2.32. The fraction of sp³-hybridized carbons (Fsp3) is 0.533. The summed E-state index contributed by atoms with van der Waals surface area (Å²) in [5.41, 5.74) is 1.15. The molecular weight excluding hydrogens is 284 g/mol. The van der Waals surface area contributed by atoms with Crippen LogP contribution in [0.15, 0.2) is 11.4 Å². The van der Waals surface area contributed by atoms with E-state index in [1.54, 1.807) is 13.1 Å². The maximum atomic E-state index is 12.5. The molecule has 120 valence electrons. The van der Waals surface area contributed by atoms with Crippen molar-refractivity contribution in [3.8, 4) is 0 Å². The maximum absolute atomic E-state index is 12.5. The van der Waals surface area contributed by atoms with Crippen LogP contribution in [-0.2, 0) is 23.2 Å². The van der Waals surface area contributed by atoms with Gasteiger partial charge in [-0.25, -0.2) is 4.79 Å². The summed E-state index contributed by atoms with van der Waals surface area (Å²) < 4.78 is 2.97. The molecule has 1 atom stereocenters. The first-order valence-corrected chi connectivity index (χ1v) is 7.48. The number of nitrogens with one attached hydrogen (secondary N) is 2. The molecule has 2 amide bonds. The van der Waals surface area contributed by atoms with E-state index in [2.05, 4.69) is 24.1 Å². The van der Waals surface area contributed by atoms with E-state index in [0.717, 1.165) is 18.7 Å². The van der Waals surface area contributed by atoms with E-state index >= 15 is 0 Å². The summed E-state index contributed by atoms with van der Waals surface area (Å²) in [6.07, 6.45) is 3.17. The Morgan fingerprint density at radius 2 is 2.14 bits per heavy atom. The molecule has 0 aromatic carbocycles. The molecule has 1 aliphatic rings. The molecular formula is C15H22N4O3. The first kappa shape index (κ1) is 16.2. The van der Waals surface area contributed by atoms with Gasteiger partial charge < -0.3 is 5.32 Å². The zero-order valence-corrected chi connectivity index (χ0v) is 13.0. The van der Waals surface area contributed by atoms with Gasteiger partial charge in [-0.15, -0.1) is 0 Å². The highest BCUT2D eigenvalue weighted by molar-refractivity contribution is 5.99. The Labute approximate surface area is 129 Å². The van der Waals surface area contributed by atoms with E-state index in [1.807, 2.05) is 0 Å². The van der Waals surface area contributed by atoms with Crippen LogP contribution < -0.4 is 16.3 Å². The number of imide groups is 1. The molecule has 0 bridgehead atoms. The van der Waals surface area contributed by atoms with Gasteiger partial charge in [0.2, 0.25) is 11.8 Å². The number of rotatable bonds is 6. The Morgan fingerprint density at radius 3 is 2.73 bits per heavy atom. The van der Waals surface area contributed by atoms with Gasteiger partial charge in [0.05, 0.1) is 11.4 Å². The molecule has 0 spiro atoms. The van der Waals surface area contributed by atoms with E-state index in [1.165, 1.54) is 9.13 Å². The van der Waals surface area contributed by atoms with Gasteiger partial charge in [0.15, 0.2) is 0 Å². The third-order valence-corrected chi connectivity index (χ3v) is 3.88. The molecule has 1 saturated heterocycles. The van der Waals surface area contributed by atoms with Gasteiger partial charge in [-0.05, 0) is 25.5 Å². The number of hydrogen-bond donors (Lipinski definition) is 2. The van der Waals surface area contributed by atoms with Crippen LogP contribution >= 0.6 is 0 Å². The first-order valence-electron chi connectivity index (χ1n) is 7.48. The number of carbonyl (C=O) groups excluding carboxylic acids is 2. The quantitative estimate of drug-likeness (QED) is 0.585. The van der Waals surface area contributed by atoms with Crippen LogP contribution in [-0.4, -0.2) is 27.5 Å². The molecule has 2 N–H and O–H groups in total. The number of piperidine rings is 1. The standard InChI is InChI=1S/C15H22N4O3/c1-4-8-16-9-12-10(5-2)18(3)15(22)19(12)11-6-7-13(20)17-14(11)21/h5,11,16H,2,4,6-9H2,1,3H3,(H,17,20,21). The van der Waals surface area contributed by atoms with Crippen molar-refractivity contribution in [2.75, 3.05) is 6.54 Å². The smallest absolute Gasteiger partial charge is 0.311 e. The lowest BCUT2D eigenvalue weighted by atomic mass is 10.1. The zero-order chi connectivity index (χ0) is 16.3. The minimum absolute atomic E-state index is 0.239. The SMILES string of the molecule is C=Cc1c(CNCCC)n(C2CCC(=O)NC2=O)c(=O)n1C. The van der Waals surface area contributed by atoms with E-state index in [-0.39, 0.29) is 18.0 Å². The van der Waals surface area contributed by atoms with E-state index in [4.69, 9.17) is 0 Å². The predicted octanol–water partition coefficient (Wildman–Crippen LogP) is 0.307. The number of carbonyl (C=O) groups is 2. The molecule has 2 heterocycles. The van der Waals surface area contributed by atoms with Gasteiger partial charge in [-0.2, -0.15) is 0 Å². The molecule has 1 aromatic heterocycles. The molecule has 1 aromatic rings. The summed E-state index contributed by atoms with van der Waals surface area (Å²) in [6, 6.07) is -0.650. The van der Waals surface area contributed by atoms with Crippen LogP contribution in [0, 0.1) is 0 Å². The minimum atomic E-state index is -0.650. The lowest BCUT2D eigenvalue weighted by Crippen LogP contribution is -2.45. The van der Waals surface area contributed by atoms with Gasteiger partial charge in [-0.1, -0.05) is 13.5 Å². The van der Waals surface area contributed by atoms with Crippen LogP contribution in [0.3, 0.4) is 0 Å². The van der Waals surface area contributed by atoms with Crippen LogP contribution in [0.2, 0.25) is 0 Å². The van der Waals surface area contributed by atoms with E-state index < -0.39 is 11.9 Å².